The normalized spacial score (nSPS) is 10.5. The lowest BCUT2D eigenvalue weighted by molar-refractivity contribution is 0.0953. The topological polar surface area (TPSA) is 54.0 Å². The highest BCUT2D eigenvalue weighted by molar-refractivity contribution is 5.94. The zero-order valence-corrected chi connectivity index (χ0v) is 12.6. The van der Waals surface area contributed by atoms with Gasteiger partial charge in [-0.3, -0.25) is 9.78 Å². The highest BCUT2D eigenvalue weighted by atomic mass is 19.1. The van der Waals surface area contributed by atoms with Crippen molar-refractivity contribution in [3.63, 3.8) is 0 Å². The van der Waals surface area contributed by atoms with Crippen LogP contribution in [0.5, 0.6) is 0 Å². The second kappa shape index (κ2) is 8.24. The molecule has 2 rings (SSSR count). The Hall–Kier alpha value is -2.27. The van der Waals surface area contributed by atoms with Gasteiger partial charge in [-0.1, -0.05) is 6.07 Å². The highest BCUT2D eigenvalue weighted by Gasteiger charge is 2.06. The summed E-state index contributed by atoms with van der Waals surface area (Å²) in [4.78, 5) is 15.9. The van der Waals surface area contributed by atoms with E-state index in [9.17, 15) is 9.18 Å². The minimum atomic E-state index is -0.295. The molecule has 1 aromatic heterocycles. The molecule has 4 nitrogen and oxygen atoms in total. The van der Waals surface area contributed by atoms with Gasteiger partial charge in [-0.25, -0.2) is 4.39 Å². The molecule has 1 aromatic carbocycles. The molecule has 0 atom stereocenters. The molecule has 0 aliphatic heterocycles. The minimum absolute atomic E-state index is 0.171. The van der Waals surface area contributed by atoms with Crippen LogP contribution in [0.3, 0.4) is 0 Å². The fraction of sp³-hybridized carbons (Fsp3) is 0.294. The molecule has 2 N–H and O–H groups in total. The Morgan fingerprint density at radius 2 is 2.14 bits per heavy atom. The molecular formula is C17H20FN3O. The molecule has 0 saturated carbocycles. The molecule has 22 heavy (non-hydrogen) atoms. The molecule has 0 fully saturated rings. The Bertz CT molecular complexity index is 617. The monoisotopic (exact) mass is 301 g/mol. The molecule has 0 radical (unpaired) electrons. The molecule has 1 heterocycles. The summed E-state index contributed by atoms with van der Waals surface area (Å²) in [5, 5.41) is 6.12. The van der Waals surface area contributed by atoms with Crippen LogP contribution in [0, 0.1) is 12.7 Å². The summed E-state index contributed by atoms with van der Waals surface area (Å²) in [6, 6.07) is 8.30. The van der Waals surface area contributed by atoms with Gasteiger partial charge in [-0.15, -0.1) is 0 Å². The van der Waals surface area contributed by atoms with Gasteiger partial charge in [0, 0.05) is 31.0 Å². The van der Waals surface area contributed by atoms with E-state index in [2.05, 4.69) is 15.6 Å². The van der Waals surface area contributed by atoms with Crippen molar-refractivity contribution in [1.82, 2.24) is 15.6 Å². The van der Waals surface area contributed by atoms with E-state index in [4.69, 9.17) is 0 Å². The Morgan fingerprint density at radius 3 is 2.86 bits per heavy atom. The van der Waals surface area contributed by atoms with Crippen molar-refractivity contribution >= 4 is 5.91 Å². The van der Waals surface area contributed by atoms with Crippen molar-refractivity contribution < 1.29 is 9.18 Å². The number of benzene rings is 1. The molecule has 116 valence electrons. The summed E-state index contributed by atoms with van der Waals surface area (Å²) in [6.45, 7) is 3.79. The Kier molecular flexibility index (Phi) is 6.03. The number of aryl methyl sites for hydroxylation is 1. The summed E-state index contributed by atoms with van der Waals surface area (Å²) in [5.41, 5.74) is 2.10. The SMILES string of the molecule is Cc1cc(C(=O)NCCCNCc2cccnc2)ccc1F. The lowest BCUT2D eigenvalue weighted by atomic mass is 10.1. The molecule has 5 heteroatoms. The fourth-order valence-electron chi connectivity index (χ4n) is 2.04. The average Bonchev–Trinajstić information content (AvgIpc) is 2.54. The first-order valence-corrected chi connectivity index (χ1v) is 7.31. The van der Waals surface area contributed by atoms with E-state index in [-0.39, 0.29) is 11.7 Å². The number of hydrogen-bond donors (Lipinski definition) is 2. The molecule has 0 saturated heterocycles. The van der Waals surface area contributed by atoms with Gasteiger partial charge in [0.2, 0.25) is 0 Å². The van der Waals surface area contributed by atoms with Gasteiger partial charge in [0.15, 0.2) is 0 Å². The molecular weight excluding hydrogens is 281 g/mol. The number of pyridine rings is 1. The molecule has 0 unspecified atom stereocenters. The number of rotatable bonds is 7. The van der Waals surface area contributed by atoms with Crippen molar-refractivity contribution in [2.75, 3.05) is 13.1 Å². The number of nitrogens with zero attached hydrogens (tertiary/aromatic N) is 1. The zero-order valence-electron chi connectivity index (χ0n) is 12.6. The van der Waals surface area contributed by atoms with Crippen molar-refractivity contribution in [2.45, 2.75) is 19.9 Å². The van der Waals surface area contributed by atoms with Crippen LogP contribution in [0.1, 0.15) is 27.9 Å². The van der Waals surface area contributed by atoms with Gasteiger partial charge in [0.1, 0.15) is 5.82 Å². The lowest BCUT2D eigenvalue weighted by Gasteiger charge is -2.07. The number of aromatic nitrogens is 1. The predicted octanol–water partition coefficient (Wildman–Crippen LogP) is 2.44. The van der Waals surface area contributed by atoms with Crippen LogP contribution in [0.15, 0.2) is 42.7 Å². The summed E-state index contributed by atoms with van der Waals surface area (Å²) in [7, 11) is 0. The second-order valence-corrected chi connectivity index (χ2v) is 5.11. The standard InChI is InChI=1S/C17H20FN3O/c1-13-10-15(5-6-16(13)18)17(22)21-9-3-8-20-12-14-4-2-7-19-11-14/h2,4-7,10-11,20H,3,8-9,12H2,1H3,(H,21,22). The Morgan fingerprint density at radius 1 is 1.27 bits per heavy atom. The summed E-state index contributed by atoms with van der Waals surface area (Å²) in [6.07, 6.45) is 4.40. The molecule has 0 aliphatic carbocycles. The number of amides is 1. The largest absolute Gasteiger partial charge is 0.352 e. The van der Waals surface area contributed by atoms with Gasteiger partial charge in [0.25, 0.3) is 5.91 Å². The van der Waals surface area contributed by atoms with E-state index >= 15 is 0 Å². The number of carbonyl (C=O) groups is 1. The maximum absolute atomic E-state index is 13.1. The Labute approximate surface area is 129 Å². The van der Waals surface area contributed by atoms with E-state index < -0.39 is 0 Å². The summed E-state index contributed by atoms with van der Waals surface area (Å²) >= 11 is 0. The number of nitrogens with one attached hydrogen (secondary N) is 2. The van der Waals surface area contributed by atoms with Crippen LogP contribution >= 0.6 is 0 Å². The molecule has 1 amide bonds. The van der Waals surface area contributed by atoms with Crippen LogP contribution in [-0.4, -0.2) is 24.0 Å². The van der Waals surface area contributed by atoms with Gasteiger partial charge in [-0.05, 0) is 55.3 Å². The first-order chi connectivity index (χ1) is 10.7. The van der Waals surface area contributed by atoms with Crippen LogP contribution in [0.4, 0.5) is 4.39 Å². The number of carbonyl (C=O) groups excluding carboxylic acids is 1. The summed E-state index contributed by atoms with van der Waals surface area (Å²) in [5.74, 6) is -0.466. The zero-order chi connectivity index (χ0) is 15.8. The average molecular weight is 301 g/mol. The highest BCUT2D eigenvalue weighted by Crippen LogP contribution is 2.08. The summed E-state index contributed by atoms with van der Waals surface area (Å²) < 4.78 is 13.1. The fourth-order valence-corrected chi connectivity index (χ4v) is 2.04. The van der Waals surface area contributed by atoms with Crippen molar-refractivity contribution in [2.24, 2.45) is 0 Å². The Balaban J connectivity index is 1.64. The van der Waals surface area contributed by atoms with Crippen molar-refractivity contribution in [3.05, 3.63) is 65.2 Å². The molecule has 0 bridgehead atoms. The lowest BCUT2D eigenvalue weighted by Crippen LogP contribution is -2.27. The minimum Gasteiger partial charge on any atom is -0.352 e. The van der Waals surface area contributed by atoms with Crippen LogP contribution in [-0.2, 0) is 6.54 Å². The van der Waals surface area contributed by atoms with Gasteiger partial charge >= 0.3 is 0 Å². The van der Waals surface area contributed by atoms with Gasteiger partial charge in [-0.2, -0.15) is 0 Å². The van der Waals surface area contributed by atoms with Crippen LogP contribution in [0.25, 0.3) is 0 Å². The third-order valence-electron chi connectivity index (χ3n) is 3.29. The van der Waals surface area contributed by atoms with Crippen molar-refractivity contribution in [3.8, 4) is 0 Å². The van der Waals surface area contributed by atoms with Gasteiger partial charge < -0.3 is 10.6 Å². The van der Waals surface area contributed by atoms with E-state index in [1.54, 1.807) is 19.2 Å². The molecule has 0 spiro atoms. The van der Waals surface area contributed by atoms with Crippen LogP contribution < -0.4 is 10.6 Å². The van der Waals surface area contributed by atoms with E-state index in [0.29, 0.717) is 17.7 Å². The predicted molar refractivity (Wildman–Crippen MR) is 84.0 cm³/mol. The van der Waals surface area contributed by atoms with Crippen LogP contribution in [0.2, 0.25) is 0 Å². The third-order valence-corrected chi connectivity index (χ3v) is 3.29. The first-order valence-electron chi connectivity index (χ1n) is 7.31. The van der Waals surface area contributed by atoms with E-state index in [1.165, 1.54) is 12.1 Å². The van der Waals surface area contributed by atoms with Gasteiger partial charge in [0.05, 0.1) is 0 Å². The van der Waals surface area contributed by atoms with E-state index in [1.807, 2.05) is 18.3 Å². The molecule has 2 aromatic rings. The smallest absolute Gasteiger partial charge is 0.251 e. The first kappa shape index (κ1) is 16.1. The van der Waals surface area contributed by atoms with E-state index in [0.717, 1.165) is 25.1 Å². The molecule has 0 aliphatic rings. The number of halogens is 1. The number of hydrogen-bond acceptors (Lipinski definition) is 3. The second-order valence-electron chi connectivity index (χ2n) is 5.11. The van der Waals surface area contributed by atoms with Crippen molar-refractivity contribution in [1.29, 1.82) is 0 Å². The maximum atomic E-state index is 13.1. The maximum Gasteiger partial charge on any atom is 0.251 e. The third kappa shape index (κ3) is 4.93. The quantitative estimate of drug-likeness (QED) is 0.772.